The van der Waals surface area contributed by atoms with E-state index in [1.807, 2.05) is 13.8 Å². The molecule has 0 aromatic heterocycles. The Bertz CT molecular complexity index is 587. The smallest absolute Gasteiger partial charge is 0.332 e. The minimum atomic E-state index is -0.889. The van der Waals surface area contributed by atoms with E-state index in [0.29, 0.717) is 17.0 Å². The van der Waals surface area contributed by atoms with Gasteiger partial charge in [0.05, 0.1) is 0 Å². The molecular formula is C21H37N3O3. The monoisotopic (exact) mass is 379 g/mol. The molecule has 0 bridgehead atoms. The number of carboxylic acid groups (broad SMARTS) is 1. The summed E-state index contributed by atoms with van der Waals surface area (Å²) in [7, 11) is 0. The Morgan fingerprint density at radius 1 is 1.26 bits per heavy atom. The fraction of sp³-hybridized carbons (Fsp3) is 0.762. The van der Waals surface area contributed by atoms with Crippen LogP contribution in [0.5, 0.6) is 0 Å². The number of carbonyl (C=O) groups excluding carboxylic acids is 1. The molecule has 0 spiro atoms. The number of amides is 1. The predicted octanol–water partition coefficient (Wildman–Crippen LogP) is 3.53. The second-order valence-electron chi connectivity index (χ2n) is 7.85. The molecule has 6 nitrogen and oxygen atoms in total. The van der Waals surface area contributed by atoms with Gasteiger partial charge in [0.25, 0.3) is 5.91 Å². The number of amidine groups is 1. The number of hydrogen-bond acceptors (Lipinski definition) is 4. The second kappa shape index (κ2) is 10.6. The quantitative estimate of drug-likeness (QED) is 0.616. The normalized spacial score (nSPS) is 24.0. The van der Waals surface area contributed by atoms with Gasteiger partial charge in [-0.15, -0.1) is 0 Å². The molecule has 1 aliphatic heterocycles. The summed E-state index contributed by atoms with van der Waals surface area (Å²) in [5.74, 6) is -0.480. The summed E-state index contributed by atoms with van der Waals surface area (Å²) in [5, 5.41) is 15.5. The van der Waals surface area contributed by atoms with Crippen LogP contribution in [-0.4, -0.2) is 41.4 Å². The van der Waals surface area contributed by atoms with Gasteiger partial charge in [0.1, 0.15) is 11.4 Å². The van der Waals surface area contributed by atoms with Gasteiger partial charge in [-0.05, 0) is 51.6 Å². The number of nitrogens with zero attached hydrogens (tertiary/aromatic N) is 1. The molecule has 154 valence electrons. The Hall–Kier alpha value is -1.69. The lowest BCUT2D eigenvalue weighted by atomic mass is 9.81. The van der Waals surface area contributed by atoms with Gasteiger partial charge in [0.2, 0.25) is 0 Å². The van der Waals surface area contributed by atoms with Crippen LogP contribution in [0.25, 0.3) is 0 Å². The first-order valence-corrected chi connectivity index (χ1v) is 10.2. The van der Waals surface area contributed by atoms with Gasteiger partial charge in [0, 0.05) is 11.1 Å². The second-order valence-corrected chi connectivity index (χ2v) is 7.85. The maximum absolute atomic E-state index is 12.2. The summed E-state index contributed by atoms with van der Waals surface area (Å²) in [4.78, 5) is 28.5. The van der Waals surface area contributed by atoms with Crippen molar-refractivity contribution in [3.8, 4) is 0 Å². The van der Waals surface area contributed by atoms with Gasteiger partial charge < -0.3 is 15.7 Å². The van der Waals surface area contributed by atoms with Crippen molar-refractivity contribution < 1.29 is 14.7 Å². The van der Waals surface area contributed by atoms with Gasteiger partial charge in [-0.3, -0.25) is 9.79 Å². The SMILES string of the molecule is CC(C1=NC(C)(C(C)C)C(=O)N1)=C(C(=O)O)C1CCCCC1.CCNCC. The van der Waals surface area contributed by atoms with E-state index >= 15 is 0 Å². The van der Waals surface area contributed by atoms with Crippen molar-refractivity contribution in [2.75, 3.05) is 13.1 Å². The average Bonchev–Trinajstić information content (AvgIpc) is 2.93. The topological polar surface area (TPSA) is 90.8 Å². The third kappa shape index (κ3) is 5.89. The first kappa shape index (κ1) is 23.3. The van der Waals surface area contributed by atoms with Crippen LogP contribution in [0.2, 0.25) is 0 Å². The molecule has 0 aromatic rings. The fourth-order valence-electron chi connectivity index (χ4n) is 3.52. The molecule has 2 rings (SSSR count). The number of carbonyl (C=O) groups is 2. The highest BCUT2D eigenvalue weighted by atomic mass is 16.4. The minimum absolute atomic E-state index is 0.0563. The molecule has 0 radical (unpaired) electrons. The van der Waals surface area contributed by atoms with E-state index in [2.05, 4.69) is 29.5 Å². The molecular weight excluding hydrogens is 342 g/mol. The van der Waals surface area contributed by atoms with E-state index in [-0.39, 0.29) is 17.7 Å². The van der Waals surface area contributed by atoms with Crippen LogP contribution in [0.15, 0.2) is 16.1 Å². The van der Waals surface area contributed by atoms with Crippen LogP contribution in [-0.2, 0) is 9.59 Å². The number of aliphatic imine (C=N–C) groups is 1. The fourth-order valence-corrected chi connectivity index (χ4v) is 3.52. The zero-order chi connectivity index (χ0) is 20.6. The van der Waals surface area contributed by atoms with Crippen molar-refractivity contribution in [1.29, 1.82) is 0 Å². The maximum atomic E-state index is 12.2. The molecule has 27 heavy (non-hydrogen) atoms. The predicted molar refractivity (Wildman–Crippen MR) is 110 cm³/mol. The zero-order valence-electron chi connectivity index (χ0n) is 17.8. The molecule has 1 heterocycles. The number of rotatable bonds is 6. The van der Waals surface area contributed by atoms with Crippen LogP contribution < -0.4 is 10.6 Å². The molecule has 1 saturated carbocycles. The molecule has 1 aliphatic carbocycles. The van der Waals surface area contributed by atoms with E-state index < -0.39 is 11.5 Å². The van der Waals surface area contributed by atoms with Crippen molar-refractivity contribution >= 4 is 17.7 Å². The third-order valence-electron chi connectivity index (χ3n) is 5.66. The Morgan fingerprint density at radius 2 is 1.81 bits per heavy atom. The Labute approximate surface area is 163 Å². The van der Waals surface area contributed by atoms with Crippen LogP contribution in [0.1, 0.15) is 73.6 Å². The summed E-state index contributed by atoms with van der Waals surface area (Å²) < 4.78 is 0. The highest BCUT2D eigenvalue weighted by Gasteiger charge is 2.42. The Kier molecular flexibility index (Phi) is 9.16. The van der Waals surface area contributed by atoms with Gasteiger partial charge in [-0.1, -0.05) is 47.0 Å². The molecule has 0 aromatic carbocycles. The molecule has 1 amide bonds. The molecule has 3 N–H and O–H groups in total. The minimum Gasteiger partial charge on any atom is -0.478 e. The molecule has 1 unspecified atom stereocenters. The van der Waals surface area contributed by atoms with Gasteiger partial charge in [-0.25, -0.2) is 4.79 Å². The molecule has 0 saturated heterocycles. The van der Waals surface area contributed by atoms with Crippen molar-refractivity contribution in [1.82, 2.24) is 10.6 Å². The number of carboxylic acids is 1. The first-order valence-electron chi connectivity index (χ1n) is 10.2. The van der Waals surface area contributed by atoms with Gasteiger partial charge >= 0.3 is 5.97 Å². The van der Waals surface area contributed by atoms with E-state index in [4.69, 9.17) is 0 Å². The van der Waals surface area contributed by atoms with Crippen molar-refractivity contribution in [3.05, 3.63) is 11.1 Å². The standard InChI is InChI=1S/C17H26N2O3.C4H11N/c1-10(2)17(4)16(22)18-14(19-17)11(3)13(15(20)21)12-8-6-5-7-9-12;1-3-5-4-2/h10,12H,5-9H2,1-4H3,(H,20,21)(H,18,19,22);5H,3-4H2,1-2H3. The Balaban J connectivity index is 0.000000646. The number of aliphatic carboxylic acids is 1. The van der Waals surface area contributed by atoms with E-state index in [1.54, 1.807) is 13.8 Å². The molecule has 1 atom stereocenters. The van der Waals surface area contributed by atoms with Crippen LogP contribution in [0.4, 0.5) is 0 Å². The van der Waals surface area contributed by atoms with Crippen molar-refractivity contribution in [2.45, 2.75) is 79.2 Å². The van der Waals surface area contributed by atoms with E-state index in [1.165, 1.54) is 6.42 Å². The summed E-state index contributed by atoms with van der Waals surface area (Å²) in [6, 6.07) is 0. The highest BCUT2D eigenvalue weighted by Crippen LogP contribution is 2.33. The third-order valence-corrected chi connectivity index (χ3v) is 5.66. The van der Waals surface area contributed by atoms with Gasteiger partial charge in [-0.2, -0.15) is 0 Å². The first-order chi connectivity index (χ1) is 12.7. The lowest BCUT2D eigenvalue weighted by Gasteiger charge is -2.24. The maximum Gasteiger partial charge on any atom is 0.332 e. The van der Waals surface area contributed by atoms with Crippen LogP contribution in [0.3, 0.4) is 0 Å². The molecule has 2 aliphatic rings. The summed E-state index contributed by atoms with van der Waals surface area (Å²) >= 11 is 0. The lowest BCUT2D eigenvalue weighted by Crippen LogP contribution is -2.41. The largest absolute Gasteiger partial charge is 0.478 e. The molecule has 1 fully saturated rings. The highest BCUT2D eigenvalue weighted by molar-refractivity contribution is 6.17. The van der Waals surface area contributed by atoms with Crippen molar-refractivity contribution in [2.24, 2.45) is 16.8 Å². The number of hydrogen-bond donors (Lipinski definition) is 3. The zero-order valence-corrected chi connectivity index (χ0v) is 17.8. The van der Waals surface area contributed by atoms with E-state index in [9.17, 15) is 14.7 Å². The van der Waals surface area contributed by atoms with Crippen LogP contribution in [0, 0.1) is 11.8 Å². The Morgan fingerprint density at radius 3 is 2.19 bits per heavy atom. The van der Waals surface area contributed by atoms with E-state index in [0.717, 1.165) is 38.8 Å². The summed E-state index contributed by atoms with van der Waals surface area (Å²) in [5.41, 5.74) is 0.219. The number of nitrogens with one attached hydrogen (secondary N) is 2. The summed E-state index contributed by atoms with van der Waals surface area (Å²) in [6.07, 6.45) is 5.11. The lowest BCUT2D eigenvalue weighted by molar-refractivity contribution is -0.133. The average molecular weight is 380 g/mol. The van der Waals surface area contributed by atoms with Crippen LogP contribution >= 0.6 is 0 Å². The van der Waals surface area contributed by atoms with Crippen molar-refractivity contribution in [3.63, 3.8) is 0 Å². The molecule has 6 heteroatoms. The summed E-state index contributed by atoms with van der Waals surface area (Å²) in [6.45, 7) is 13.9. The van der Waals surface area contributed by atoms with Gasteiger partial charge in [0.15, 0.2) is 0 Å².